The highest BCUT2D eigenvalue weighted by Gasteiger charge is 2.29. The maximum absolute atomic E-state index is 12.7. The number of methoxy groups -OCH3 is 1. The molecule has 2 atom stereocenters. The predicted octanol–water partition coefficient (Wildman–Crippen LogP) is 2.48. The Morgan fingerprint density at radius 3 is 2.85 bits per heavy atom. The normalized spacial score (nSPS) is 24.0. The lowest BCUT2D eigenvalue weighted by Gasteiger charge is -2.38. The van der Waals surface area contributed by atoms with Crippen LogP contribution in [-0.2, 0) is 4.74 Å². The van der Waals surface area contributed by atoms with E-state index in [1.165, 1.54) is 6.42 Å². The minimum atomic E-state index is 0.0296. The van der Waals surface area contributed by atoms with Crippen molar-refractivity contribution in [2.75, 3.05) is 38.2 Å². The molecule has 1 saturated heterocycles. The summed E-state index contributed by atoms with van der Waals surface area (Å²) in [6.45, 7) is 2.97. The molecule has 2 aromatic heterocycles. The molecule has 0 unspecified atom stereocenters. The summed E-state index contributed by atoms with van der Waals surface area (Å²) in [5.41, 5.74) is 0. The van der Waals surface area contributed by atoms with Crippen LogP contribution in [-0.4, -0.2) is 66.3 Å². The van der Waals surface area contributed by atoms with Gasteiger partial charge in [0.25, 0.3) is 0 Å². The Morgan fingerprint density at radius 1 is 1.23 bits per heavy atom. The molecule has 2 aliphatic rings. The van der Waals surface area contributed by atoms with E-state index < -0.39 is 0 Å². The first-order valence-electron chi connectivity index (χ1n) is 9.27. The standard InChI is InChI=1S/C18H25N5O2S/c1-25-15-5-3-2-4-14(15)21-18(24)23-9-7-22(8-10-23)16-13-6-11-26-17(13)20-12-19-16/h6,11-12,14-15H,2-5,7-10H2,1H3,(H,21,24)/t14-,15-/m0/s1. The molecule has 0 aromatic carbocycles. The van der Waals surface area contributed by atoms with Crippen molar-refractivity contribution in [3.8, 4) is 0 Å². The lowest BCUT2D eigenvalue weighted by atomic mass is 9.92. The molecule has 0 bridgehead atoms. The van der Waals surface area contributed by atoms with Gasteiger partial charge in [-0.2, -0.15) is 0 Å². The average Bonchev–Trinajstić information content (AvgIpc) is 3.17. The highest BCUT2D eigenvalue weighted by atomic mass is 32.1. The number of hydrogen-bond acceptors (Lipinski definition) is 6. The maximum atomic E-state index is 12.7. The minimum Gasteiger partial charge on any atom is -0.379 e. The molecular formula is C18H25N5O2S. The number of urea groups is 1. The fourth-order valence-electron chi connectivity index (χ4n) is 3.94. The van der Waals surface area contributed by atoms with Gasteiger partial charge in [0.05, 0.1) is 17.5 Å². The van der Waals surface area contributed by atoms with Gasteiger partial charge in [-0.1, -0.05) is 12.8 Å². The molecule has 4 rings (SSSR count). The van der Waals surface area contributed by atoms with Gasteiger partial charge in [-0.25, -0.2) is 14.8 Å². The molecule has 0 spiro atoms. The summed E-state index contributed by atoms with van der Waals surface area (Å²) in [5, 5.41) is 6.33. The fraction of sp³-hybridized carbons (Fsp3) is 0.611. The molecule has 1 aliphatic heterocycles. The molecule has 1 aliphatic carbocycles. The maximum Gasteiger partial charge on any atom is 0.317 e. The lowest BCUT2D eigenvalue weighted by molar-refractivity contribution is 0.0430. The molecule has 2 aromatic rings. The van der Waals surface area contributed by atoms with E-state index in [-0.39, 0.29) is 18.2 Å². The molecule has 1 saturated carbocycles. The van der Waals surface area contributed by atoms with E-state index in [4.69, 9.17) is 4.74 Å². The molecule has 1 N–H and O–H groups in total. The van der Waals surface area contributed by atoms with E-state index in [0.717, 1.165) is 48.4 Å². The third kappa shape index (κ3) is 3.48. The Labute approximate surface area is 157 Å². The molecular weight excluding hydrogens is 350 g/mol. The van der Waals surface area contributed by atoms with E-state index in [1.54, 1.807) is 24.8 Å². The molecule has 2 fully saturated rings. The molecule has 0 radical (unpaired) electrons. The number of fused-ring (bicyclic) bond motifs is 1. The Balaban J connectivity index is 1.36. The average molecular weight is 375 g/mol. The largest absolute Gasteiger partial charge is 0.379 e. The van der Waals surface area contributed by atoms with Crippen LogP contribution in [0.25, 0.3) is 10.2 Å². The number of carbonyl (C=O) groups is 1. The number of anilines is 1. The number of aromatic nitrogens is 2. The van der Waals surface area contributed by atoms with Crippen molar-refractivity contribution in [1.29, 1.82) is 0 Å². The van der Waals surface area contributed by atoms with Crippen LogP contribution in [0.4, 0.5) is 10.6 Å². The van der Waals surface area contributed by atoms with Crippen molar-refractivity contribution in [3.05, 3.63) is 17.8 Å². The summed E-state index contributed by atoms with van der Waals surface area (Å²) in [4.78, 5) is 26.6. The monoisotopic (exact) mass is 375 g/mol. The quantitative estimate of drug-likeness (QED) is 0.892. The van der Waals surface area contributed by atoms with Gasteiger partial charge in [0.2, 0.25) is 0 Å². The van der Waals surface area contributed by atoms with Crippen molar-refractivity contribution >= 4 is 33.4 Å². The highest BCUT2D eigenvalue weighted by molar-refractivity contribution is 7.16. The van der Waals surface area contributed by atoms with Crippen LogP contribution in [0.15, 0.2) is 17.8 Å². The lowest BCUT2D eigenvalue weighted by Crippen LogP contribution is -2.56. The number of nitrogens with one attached hydrogen (secondary N) is 1. The van der Waals surface area contributed by atoms with Crippen LogP contribution in [0.2, 0.25) is 0 Å². The van der Waals surface area contributed by atoms with Gasteiger partial charge in [0.15, 0.2) is 0 Å². The SMILES string of the molecule is CO[C@H]1CCCC[C@@H]1NC(=O)N1CCN(c2ncnc3sccc23)CC1. The van der Waals surface area contributed by atoms with E-state index in [9.17, 15) is 4.79 Å². The first kappa shape index (κ1) is 17.5. The van der Waals surface area contributed by atoms with Crippen LogP contribution < -0.4 is 10.2 Å². The summed E-state index contributed by atoms with van der Waals surface area (Å²) in [7, 11) is 1.74. The topological polar surface area (TPSA) is 70.6 Å². The third-order valence-electron chi connectivity index (χ3n) is 5.42. The fourth-order valence-corrected chi connectivity index (χ4v) is 4.67. The Hall–Kier alpha value is -1.93. The molecule has 8 heteroatoms. The van der Waals surface area contributed by atoms with Gasteiger partial charge in [-0.05, 0) is 24.3 Å². The summed E-state index contributed by atoms with van der Waals surface area (Å²) in [6, 6.07) is 2.23. The van der Waals surface area contributed by atoms with Gasteiger partial charge >= 0.3 is 6.03 Å². The van der Waals surface area contributed by atoms with Crippen molar-refractivity contribution in [2.45, 2.75) is 37.8 Å². The number of ether oxygens (including phenoxy) is 1. The number of nitrogens with zero attached hydrogens (tertiary/aromatic N) is 4. The van der Waals surface area contributed by atoms with Crippen LogP contribution in [0.3, 0.4) is 0 Å². The second kappa shape index (κ2) is 7.75. The number of hydrogen-bond donors (Lipinski definition) is 1. The van der Waals surface area contributed by atoms with E-state index in [1.807, 2.05) is 10.3 Å². The number of carbonyl (C=O) groups excluding carboxylic acids is 1. The van der Waals surface area contributed by atoms with E-state index >= 15 is 0 Å². The summed E-state index contributed by atoms with van der Waals surface area (Å²) < 4.78 is 5.55. The molecule has 2 amide bonds. The second-order valence-electron chi connectivity index (χ2n) is 6.93. The highest BCUT2D eigenvalue weighted by Crippen LogP contribution is 2.27. The zero-order chi connectivity index (χ0) is 17.9. The zero-order valence-corrected chi connectivity index (χ0v) is 15.9. The molecule has 140 valence electrons. The third-order valence-corrected chi connectivity index (χ3v) is 6.24. The van der Waals surface area contributed by atoms with Gasteiger partial charge in [0.1, 0.15) is 17.0 Å². The van der Waals surface area contributed by atoms with Crippen LogP contribution >= 0.6 is 11.3 Å². The van der Waals surface area contributed by atoms with Crippen LogP contribution in [0.1, 0.15) is 25.7 Å². The Bertz CT molecular complexity index is 759. The molecule has 26 heavy (non-hydrogen) atoms. The van der Waals surface area contributed by atoms with Crippen molar-refractivity contribution in [3.63, 3.8) is 0 Å². The van der Waals surface area contributed by atoms with Crippen molar-refractivity contribution < 1.29 is 9.53 Å². The van der Waals surface area contributed by atoms with Gasteiger partial charge in [0, 0.05) is 33.3 Å². The Kier molecular flexibility index (Phi) is 5.21. The van der Waals surface area contributed by atoms with Gasteiger partial charge in [-0.3, -0.25) is 0 Å². The number of amides is 2. The van der Waals surface area contributed by atoms with Crippen LogP contribution in [0.5, 0.6) is 0 Å². The zero-order valence-electron chi connectivity index (χ0n) is 15.1. The van der Waals surface area contributed by atoms with Gasteiger partial charge in [-0.15, -0.1) is 11.3 Å². The van der Waals surface area contributed by atoms with Gasteiger partial charge < -0.3 is 19.9 Å². The Morgan fingerprint density at radius 2 is 2.04 bits per heavy atom. The summed E-state index contributed by atoms with van der Waals surface area (Å²) in [5.74, 6) is 0.975. The minimum absolute atomic E-state index is 0.0296. The van der Waals surface area contributed by atoms with E-state index in [2.05, 4.69) is 26.3 Å². The smallest absolute Gasteiger partial charge is 0.317 e. The van der Waals surface area contributed by atoms with Crippen molar-refractivity contribution in [1.82, 2.24) is 20.2 Å². The van der Waals surface area contributed by atoms with Crippen LogP contribution in [0, 0.1) is 0 Å². The first-order valence-corrected chi connectivity index (χ1v) is 10.2. The summed E-state index contributed by atoms with van der Waals surface area (Å²) >= 11 is 1.63. The number of rotatable bonds is 3. The second-order valence-corrected chi connectivity index (χ2v) is 7.82. The first-order chi connectivity index (χ1) is 12.8. The molecule has 7 nitrogen and oxygen atoms in total. The molecule has 3 heterocycles. The predicted molar refractivity (Wildman–Crippen MR) is 103 cm³/mol. The number of piperazine rings is 1. The summed E-state index contributed by atoms with van der Waals surface area (Å²) in [6.07, 6.45) is 6.13. The number of thiophene rings is 1. The van der Waals surface area contributed by atoms with E-state index in [0.29, 0.717) is 13.1 Å². The van der Waals surface area contributed by atoms with Crippen molar-refractivity contribution in [2.24, 2.45) is 0 Å².